The van der Waals surface area contributed by atoms with Crippen molar-refractivity contribution in [2.75, 3.05) is 6.54 Å². The maximum absolute atomic E-state index is 13.5. The van der Waals surface area contributed by atoms with E-state index in [4.69, 9.17) is 23.2 Å². The van der Waals surface area contributed by atoms with Crippen LogP contribution in [-0.4, -0.2) is 6.54 Å². The highest BCUT2D eigenvalue weighted by Gasteiger charge is 2.19. The maximum Gasteiger partial charge on any atom is 0.123 e. The Morgan fingerprint density at radius 2 is 1.52 bits per heavy atom. The lowest BCUT2D eigenvalue weighted by atomic mass is 9.91. The van der Waals surface area contributed by atoms with Crippen molar-refractivity contribution in [2.45, 2.75) is 26.8 Å². The van der Waals surface area contributed by atoms with Crippen molar-refractivity contribution in [2.24, 2.45) is 0 Å². The van der Waals surface area contributed by atoms with Crippen LogP contribution in [-0.2, 0) is 0 Å². The molecule has 0 aromatic heterocycles. The fraction of sp³-hybridized carbons (Fsp3) is 0.294. The smallest absolute Gasteiger partial charge is 0.123 e. The van der Waals surface area contributed by atoms with Crippen LogP contribution in [0.1, 0.15) is 35.2 Å². The Labute approximate surface area is 135 Å². The fourth-order valence-electron chi connectivity index (χ4n) is 2.71. The summed E-state index contributed by atoms with van der Waals surface area (Å²) in [7, 11) is 0. The zero-order valence-electron chi connectivity index (χ0n) is 12.3. The van der Waals surface area contributed by atoms with Crippen LogP contribution in [0.4, 0.5) is 4.39 Å². The van der Waals surface area contributed by atoms with E-state index >= 15 is 0 Å². The molecule has 4 heteroatoms. The van der Waals surface area contributed by atoms with E-state index in [1.54, 1.807) is 18.2 Å². The van der Waals surface area contributed by atoms with E-state index in [2.05, 4.69) is 5.32 Å². The molecule has 2 rings (SSSR count). The van der Waals surface area contributed by atoms with Gasteiger partial charge in [0, 0.05) is 10.0 Å². The van der Waals surface area contributed by atoms with Gasteiger partial charge in [-0.25, -0.2) is 4.39 Å². The van der Waals surface area contributed by atoms with Gasteiger partial charge < -0.3 is 5.32 Å². The molecular weight excluding hydrogens is 308 g/mol. The Balaban J connectivity index is 2.58. The minimum Gasteiger partial charge on any atom is -0.307 e. The van der Waals surface area contributed by atoms with Crippen molar-refractivity contribution in [3.63, 3.8) is 0 Å². The van der Waals surface area contributed by atoms with Crippen LogP contribution in [0.2, 0.25) is 10.0 Å². The van der Waals surface area contributed by atoms with Gasteiger partial charge in [0.05, 0.1) is 6.04 Å². The summed E-state index contributed by atoms with van der Waals surface area (Å²) in [5.41, 5.74) is 3.87. The fourth-order valence-corrected chi connectivity index (χ4v) is 3.25. The lowest BCUT2D eigenvalue weighted by Gasteiger charge is -2.23. The molecule has 0 heterocycles. The quantitative estimate of drug-likeness (QED) is 0.788. The number of nitrogens with one attached hydrogen (secondary N) is 1. The Morgan fingerprint density at radius 3 is 2.00 bits per heavy atom. The number of halogens is 3. The van der Waals surface area contributed by atoms with Gasteiger partial charge in [0.15, 0.2) is 0 Å². The van der Waals surface area contributed by atoms with Gasteiger partial charge in [-0.05, 0) is 73.0 Å². The van der Waals surface area contributed by atoms with Crippen LogP contribution in [0.15, 0.2) is 30.3 Å². The molecule has 112 valence electrons. The van der Waals surface area contributed by atoms with Gasteiger partial charge >= 0.3 is 0 Å². The first-order chi connectivity index (χ1) is 9.92. The maximum atomic E-state index is 13.5. The Kier molecular flexibility index (Phi) is 5.26. The second-order valence-electron chi connectivity index (χ2n) is 5.15. The summed E-state index contributed by atoms with van der Waals surface area (Å²) < 4.78 is 13.5. The first-order valence-electron chi connectivity index (χ1n) is 6.88. The molecule has 0 fully saturated rings. The van der Waals surface area contributed by atoms with Crippen LogP contribution < -0.4 is 5.32 Å². The number of benzene rings is 2. The van der Waals surface area contributed by atoms with E-state index in [9.17, 15) is 4.39 Å². The van der Waals surface area contributed by atoms with Crippen molar-refractivity contribution in [3.05, 3.63) is 68.4 Å². The zero-order chi connectivity index (χ0) is 15.6. The van der Waals surface area contributed by atoms with Gasteiger partial charge in [0.2, 0.25) is 0 Å². The van der Waals surface area contributed by atoms with Crippen LogP contribution in [0, 0.1) is 19.7 Å². The van der Waals surface area contributed by atoms with Gasteiger partial charge in [0.1, 0.15) is 5.82 Å². The lowest BCUT2D eigenvalue weighted by molar-refractivity contribution is 0.606. The zero-order valence-corrected chi connectivity index (χ0v) is 13.8. The van der Waals surface area contributed by atoms with E-state index in [0.717, 1.165) is 28.8 Å². The largest absolute Gasteiger partial charge is 0.307 e. The number of hydrogen-bond acceptors (Lipinski definition) is 1. The van der Waals surface area contributed by atoms with Crippen molar-refractivity contribution in [1.82, 2.24) is 5.32 Å². The highest BCUT2D eigenvalue weighted by Crippen LogP contribution is 2.31. The molecule has 0 aliphatic rings. The lowest BCUT2D eigenvalue weighted by Crippen LogP contribution is -2.23. The van der Waals surface area contributed by atoms with Gasteiger partial charge in [-0.3, -0.25) is 0 Å². The van der Waals surface area contributed by atoms with Crippen molar-refractivity contribution >= 4 is 23.2 Å². The number of rotatable bonds is 4. The number of aryl methyl sites for hydroxylation is 2. The predicted molar refractivity (Wildman–Crippen MR) is 87.9 cm³/mol. The first-order valence-corrected chi connectivity index (χ1v) is 7.64. The Morgan fingerprint density at radius 1 is 1.00 bits per heavy atom. The third kappa shape index (κ3) is 3.76. The summed E-state index contributed by atoms with van der Waals surface area (Å²) in [6.07, 6.45) is 0. The molecule has 1 nitrogen and oxygen atoms in total. The average Bonchev–Trinajstić information content (AvgIpc) is 2.35. The van der Waals surface area contributed by atoms with Gasteiger partial charge in [-0.1, -0.05) is 30.1 Å². The Hall–Kier alpha value is -1.09. The molecule has 0 aliphatic carbocycles. The molecule has 1 atom stereocenters. The Bertz CT molecular complexity index is 612. The molecule has 0 saturated carbocycles. The SMILES string of the molecule is CCNC(c1cc(Cl)cc(Cl)c1)c1c(C)cc(F)cc1C. The van der Waals surface area contributed by atoms with E-state index in [1.165, 1.54) is 0 Å². The summed E-state index contributed by atoms with van der Waals surface area (Å²) in [5, 5.41) is 4.62. The van der Waals surface area contributed by atoms with Gasteiger partial charge in [0.25, 0.3) is 0 Å². The second kappa shape index (κ2) is 6.78. The summed E-state index contributed by atoms with van der Waals surface area (Å²) in [6.45, 7) is 6.65. The third-order valence-electron chi connectivity index (χ3n) is 3.47. The molecule has 2 aromatic carbocycles. The van der Waals surface area contributed by atoms with Crippen molar-refractivity contribution in [3.8, 4) is 0 Å². The molecule has 0 aliphatic heterocycles. The standard InChI is InChI=1S/C17H18Cl2FN/c1-4-21-17(12-7-13(18)9-14(19)8-12)16-10(2)5-15(20)6-11(16)3/h5-9,17,21H,4H2,1-3H3. The van der Waals surface area contributed by atoms with Crippen LogP contribution in [0.5, 0.6) is 0 Å². The highest BCUT2D eigenvalue weighted by molar-refractivity contribution is 6.34. The summed E-state index contributed by atoms with van der Waals surface area (Å²) >= 11 is 12.2. The van der Waals surface area contributed by atoms with Gasteiger partial charge in [-0.15, -0.1) is 0 Å². The van der Waals surface area contributed by atoms with E-state index in [0.29, 0.717) is 10.0 Å². The average molecular weight is 326 g/mol. The topological polar surface area (TPSA) is 12.0 Å². The molecule has 0 saturated heterocycles. The molecule has 0 radical (unpaired) electrons. The second-order valence-corrected chi connectivity index (χ2v) is 6.02. The monoisotopic (exact) mass is 325 g/mol. The van der Waals surface area contributed by atoms with E-state index in [1.807, 2.05) is 32.9 Å². The predicted octanol–water partition coefficient (Wildman–Crippen LogP) is 5.45. The summed E-state index contributed by atoms with van der Waals surface area (Å²) in [6, 6.07) is 8.54. The molecule has 21 heavy (non-hydrogen) atoms. The van der Waals surface area contributed by atoms with Crippen LogP contribution in [0.25, 0.3) is 0 Å². The van der Waals surface area contributed by atoms with E-state index < -0.39 is 0 Å². The molecule has 1 N–H and O–H groups in total. The molecule has 2 aromatic rings. The molecule has 0 amide bonds. The molecule has 0 bridgehead atoms. The van der Waals surface area contributed by atoms with Crippen LogP contribution >= 0.6 is 23.2 Å². The molecule has 0 spiro atoms. The number of hydrogen-bond donors (Lipinski definition) is 1. The molecule has 1 unspecified atom stereocenters. The summed E-state index contributed by atoms with van der Waals surface area (Å²) in [5.74, 6) is -0.215. The minimum absolute atomic E-state index is 0.0631. The molecular formula is C17H18Cl2FN. The summed E-state index contributed by atoms with van der Waals surface area (Å²) in [4.78, 5) is 0. The first kappa shape index (κ1) is 16.3. The van der Waals surface area contributed by atoms with E-state index in [-0.39, 0.29) is 11.9 Å². The normalized spacial score (nSPS) is 12.5. The van der Waals surface area contributed by atoms with Crippen molar-refractivity contribution < 1.29 is 4.39 Å². The van der Waals surface area contributed by atoms with Gasteiger partial charge in [-0.2, -0.15) is 0 Å². The van der Waals surface area contributed by atoms with Crippen molar-refractivity contribution in [1.29, 1.82) is 0 Å². The van der Waals surface area contributed by atoms with Crippen LogP contribution in [0.3, 0.4) is 0 Å². The minimum atomic E-state index is -0.215. The third-order valence-corrected chi connectivity index (χ3v) is 3.91. The highest BCUT2D eigenvalue weighted by atomic mass is 35.5.